The Bertz CT molecular complexity index is 899. The first kappa shape index (κ1) is 13.7. The molecule has 1 heterocycles. The van der Waals surface area contributed by atoms with Gasteiger partial charge in [0.25, 0.3) is 0 Å². The molecule has 0 aromatic heterocycles. The normalized spacial score (nSPS) is 14.6. The monoisotopic (exact) mass is 305 g/mol. The number of carbonyl (C=O) groups excluding carboxylic acids is 2. The van der Waals surface area contributed by atoms with E-state index in [2.05, 4.69) is 4.74 Å². The van der Waals surface area contributed by atoms with Crippen molar-refractivity contribution in [2.75, 3.05) is 14.1 Å². The SMILES string of the molecule is CN(C)S(=O)(=O)c1cc2c3c(cccc3c1)C(=O)OC2=O. The van der Waals surface area contributed by atoms with Gasteiger partial charge in [-0.2, -0.15) is 0 Å². The smallest absolute Gasteiger partial charge is 0.346 e. The van der Waals surface area contributed by atoms with Gasteiger partial charge in [-0.1, -0.05) is 12.1 Å². The van der Waals surface area contributed by atoms with Crippen molar-refractivity contribution in [2.24, 2.45) is 0 Å². The number of sulfonamides is 1. The maximum Gasteiger partial charge on any atom is 0.346 e. The zero-order chi connectivity index (χ0) is 15.4. The third kappa shape index (κ3) is 1.93. The highest BCUT2D eigenvalue weighted by molar-refractivity contribution is 7.89. The van der Waals surface area contributed by atoms with Gasteiger partial charge in [0.2, 0.25) is 10.0 Å². The summed E-state index contributed by atoms with van der Waals surface area (Å²) in [5.41, 5.74) is 0.346. The number of esters is 2. The molecule has 0 radical (unpaired) electrons. The number of hydrogen-bond acceptors (Lipinski definition) is 5. The highest BCUT2D eigenvalue weighted by atomic mass is 32.2. The van der Waals surface area contributed by atoms with Crippen LogP contribution in [0.3, 0.4) is 0 Å². The molecule has 6 nitrogen and oxygen atoms in total. The van der Waals surface area contributed by atoms with Crippen LogP contribution in [0.5, 0.6) is 0 Å². The lowest BCUT2D eigenvalue weighted by Gasteiger charge is -2.18. The van der Waals surface area contributed by atoms with E-state index in [0.29, 0.717) is 10.8 Å². The van der Waals surface area contributed by atoms with Crippen LogP contribution < -0.4 is 0 Å². The van der Waals surface area contributed by atoms with Gasteiger partial charge in [-0.25, -0.2) is 22.3 Å². The number of hydrogen-bond donors (Lipinski definition) is 0. The van der Waals surface area contributed by atoms with Crippen LogP contribution in [-0.2, 0) is 14.8 Å². The first-order valence-electron chi connectivity index (χ1n) is 6.08. The maximum absolute atomic E-state index is 12.2. The number of rotatable bonds is 2. The molecule has 0 saturated heterocycles. The van der Waals surface area contributed by atoms with Gasteiger partial charge in [0.05, 0.1) is 16.0 Å². The number of cyclic esters (lactones) is 2. The maximum atomic E-state index is 12.2. The van der Waals surface area contributed by atoms with Crippen molar-refractivity contribution in [1.82, 2.24) is 4.31 Å². The molecular weight excluding hydrogens is 294 g/mol. The van der Waals surface area contributed by atoms with E-state index in [-0.39, 0.29) is 16.0 Å². The predicted molar refractivity (Wildman–Crippen MR) is 74.6 cm³/mol. The number of ether oxygens (including phenoxy) is 1. The molecule has 0 saturated carbocycles. The molecule has 0 unspecified atom stereocenters. The van der Waals surface area contributed by atoms with Gasteiger partial charge in [0, 0.05) is 19.5 Å². The van der Waals surface area contributed by atoms with Crippen LogP contribution in [0.4, 0.5) is 0 Å². The molecule has 0 bridgehead atoms. The number of nitrogens with zero attached hydrogens (tertiary/aromatic N) is 1. The minimum absolute atomic E-state index is 0.0153. The summed E-state index contributed by atoms with van der Waals surface area (Å²) in [6.45, 7) is 0. The summed E-state index contributed by atoms with van der Waals surface area (Å²) < 4.78 is 30.2. The van der Waals surface area contributed by atoms with E-state index in [1.807, 2.05) is 0 Å². The van der Waals surface area contributed by atoms with E-state index < -0.39 is 22.0 Å². The summed E-state index contributed by atoms with van der Waals surface area (Å²) in [5.74, 6) is -1.55. The summed E-state index contributed by atoms with van der Waals surface area (Å²) in [4.78, 5) is 23.6. The van der Waals surface area contributed by atoms with Crippen molar-refractivity contribution in [1.29, 1.82) is 0 Å². The molecule has 1 aliphatic rings. The molecule has 21 heavy (non-hydrogen) atoms. The van der Waals surface area contributed by atoms with Crippen molar-refractivity contribution in [3.63, 3.8) is 0 Å². The molecule has 0 spiro atoms. The lowest BCUT2D eigenvalue weighted by Crippen LogP contribution is -2.24. The Labute approximate surface area is 121 Å². The lowest BCUT2D eigenvalue weighted by molar-refractivity contribution is 0.0391. The van der Waals surface area contributed by atoms with Gasteiger partial charge in [-0.3, -0.25) is 0 Å². The number of benzene rings is 2. The molecule has 0 fully saturated rings. The summed E-state index contributed by atoms with van der Waals surface area (Å²) in [6.07, 6.45) is 0. The van der Waals surface area contributed by atoms with Crippen molar-refractivity contribution >= 4 is 32.7 Å². The minimum Gasteiger partial charge on any atom is -0.386 e. The Morgan fingerprint density at radius 1 is 1.00 bits per heavy atom. The molecule has 0 atom stereocenters. The van der Waals surface area contributed by atoms with Crippen LogP contribution in [0.2, 0.25) is 0 Å². The highest BCUT2D eigenvalue weighted by Crippen LogP contribution is 2.31. The first-order chi connectivity index (χ1) is 9.82. The fourth-order valence-electron chi connectivity index (χ4n) is 2.29. The van der Waals surface area contributed by atoms with E-state index >= 15 is 0 Å². The molecule has 0 amide bonds. The van der Waals surface area contributed by atoms with Gasteiger partial charge in [0.15, 0.2) is 0 Å². The van der Waals surface area contributed by atoms with Crippen LogP contribution in [0.15, 0.2) is 35.2 Å². The topological polar surface area (TPSA) is 80.8 Å². The second-order valence-corrected chi connectivity index (χ2v) is 6.99. The molecule has 3 rings (SSSR count). The van der Waals surface area contributed by atoms with Crippen LogP contribution in [0, 0.1) is 0 Å². The summed E-state index contributed by atoms with van der Waals surface area (Å²) in [5, 5.41) is 0.937. The molecule has 1 aliphatic heterocycles. The average Bonchev–Trinajstić information content (AvgIpc) is 2.43. The van der Waals surface area contributed by atoms with Crippen LogP contribution in [-0.4, -0.2) is 38.8 Å². The van der Waals surface area contributed by atoms with Crippen LogP contribution in [0.25, 0.3) is 10.8 Å². The molecule has 2 aromatic rings. The minimum atomic E-state index is -3.69. The fraction of sp³-hybridized carbons (Fsp3) is 0.143. The molecule has 108 valence electrons. The van der Waals surface area contributed by atoms with Crippen molar-refractivity contribution in [2.45, 2.75) is 4.90 Å². The van der Waals surface area contributed by atoms with Gasteiger partial charge in [-0.05, 0) is 23.6 Å². The molecule has 2 aromatic carbocycles. The van der Waals surface area contributed by atoms with E-state index in [4.69, 9.17) is 0 Å². The predicted octanol–water partition coefficient (Wildman–Crippen LogP) is 1.40. The standard InChI is InChI=1S/C14H11NO5S/c1-15(2)21(18,19)9-6-8-4-3-5-10-12(8)11(7-9)14(17)20-13(10)16/h3-7H,1-2H3. The molecule has 0 aliphatic carbocycles. The summed E-state index contributed by atoms with van der Waals surface area (Å²) in [7, 11) is -0.874. The third-order valence-corrected chi connectivity index (χ3v) is 5.15. The Morgan fingerprint density at radius 2 is 1.67 bits per heavy atom. The zero-order valence-electron chi connectivity index (χ0n) is 11.3. The van der Waals surface area contributed by atoms with E-state index in [1.54, 1.807) is 18.2 Å². The Kier molecular flexibility index (Phi) is 2.86. The van der Waals surface area contributed by atoms with Crippen molar-refractivity contribution in [3.8, 4) is 0 Å². The van der Waals surface area contributed by atoms with E-state index in [1.165, 1.54) is 26.2 Å². The molecular formula is C14H11NO5S. The molecule has 7 heteroatoms. The summed E-state index contributed by atoms with van der Waals surface area (Å²) in [6, 6.07) is 7.51. The Balaban J connectivity index is 2.42. The third-order valence-electron chi connectivity index (χ3n) is 3.35. The second-order valence-electron chi connectivity index (χ2n) is 4.84. The van der Waals surface area contributed by atoms with Gasteiger partial charge in [0.1, 0.15) is 0 Å². The fourth-order valence-corrected chi connectivity index (χ4v) is 3.25. The molecule has 0 N–H and O–H groups in total. The van der Waals surface area contributed by atoms with Crippen LogP contribution in [0.1, 0.15) is 20.7 Å². The van der Waals surface area contributed by atoms with E-state index in [0.717, 1.165) is 4.31 Å². The quantitative estimate of drug-likeness (QED) is 0.619. The zero-order valence-corrected chi connectivity index (χ0v) is 12.1. The van der Waals surface area contributed by atoms with Crippen molar-refractivity contribution < 1.29 is 22.7 Å². The van der Waals surface area contributed by atoms with Gasteiger partial charge in [-0.15, -0.1) is 0 Å². The Morgan fingerprint density at radius 3 is 2.33 bits per heavy atom. The number of carbonyl (C=O) groups is 2. The van der Waals surface area contributed by atoms with E-state index in [9.17, 15) is 18.0 Å². The largest absolute Gasteiger partial charge is 0.386 e. The summed E-state index contributed by atoms with van der Waals surface area (Å²) >= 11 is 0. The Hall–Kier alpha value is -2.25. The van der Waals surface area contributed by atoms with Gasteiger partial charge < -0.3 is 4.74 Å². The van der Waals surface area contributed by atoms with Crippen molar-refractivity contribution in [3.05, 3.63) is 41.5 Å². The first-order valence-corrected chi connectivity index (χ1v) is 7.52. The highest BCUT2D eigenvalue weighted by Gasteiger charge is 2.29. The second kappa shape index (κ2) is 4.37. The lowest BCUT2D eigenvalue weighted by atomic mass is 9.97. The van der Waals surface area contributed by atoms with Gasteiger partial charge >= 0.3 is 11.9 Å². The average molecular weight is 305 g/mol. The van der Waals surface area contributed by atoms with Crippen LogP contribution >= 0.6 is 0 Å².